The smallest absolute Gasteiger partial charge is 0.0488 e. The van der Waals surface area contributed by atoms with Crippen LogP contribution in [-0.4, -0.2) is 0 Å². The summed E-state index contributed by atoms with van der Waals surface area (Å²) in [6.07, 6.45) is 3.89. The molecule has 0 saturated heterocycles. The molecule has 1 aromatic rings. The van der Waals surface area contributed by atoms with Crippen molar-refractivity contribution in [3.63, 3.8) is 0 Å². The van der Waals surface area contributed by atoms with E-state index >= 15 is 0 Å². The van der Waals surface area contributed by atoms with Crippen molar-refractivity contribution in [1.29, 1.82) is 0 Å². The van der Waals surface area contributed by atoms with Crippen LogP contribution in [-0.2, 0) is 0 Å². The zero-order chi connectivity index (χ0) is 14.0. The predicted octanol–water partition coefficient (Wildman–Crippen LogP) is 4.33. The van der Waals surface area contributed by atoms with E-state index < -0.39 is 0 Å². The quantitative estimate of drug-likeness (QED) is 0.641. The minimum absolute atomic E-state index is 0.266. The van der Waals surface area contributed by atoms with E-state index in [9.17, 15) is 0 Å². The lowest BCUT2D eigenvalue weighted by Gasteiger charge is -2.36. The molecule has 1 aromatic carbocycles. The summed E-state index contributed by atoms with van der Waals surface area (Å²) >= 11 is 3.62. The minimum Gasteiger partial charge on any atom is -0.271 e. The molecule has 2 nitrogen and oxygen atoms in total. The molecular formula is C16H25BrN2. The summed E-state index contributed by atoms with van der Waals surface area (Å²) in [5.41, 5.74) is 5.62. The van der Waals surface area contributed by atoms with Crippen molar-refractivity contribution in [3.05, 3.63) is 33.8 Å². The van der Waals surface area contributed by atoms with E-state index in [0.717, 1.165) is 11.8 Å². The Balaban J connectivity index is 2.21. The first kappa shape index (κ1) is 15.0. The topological polar surface area (TPSA) is 38.0 Å². The van der Waals surface area contributed by atoms with E-state index in [-0.39, 0.29) is 6.04 Å². The average Bonchev–Trinajstić information content (AvgIpc) is 2.33. The van der Waals surface area contributed by atoms with Crippen LogP contribution in [0.25, 0.3) is 0 Å². The Morgan fingerprint density at radius 3 is 2.37 bits per heavy atom. The Morgan fingerprint density at radius 1 is 1.21 bits per heavy atom. The van der Waals surface area contributed by atoms with Gasteiger partial charge in [-0.1, -0.05) is 41.9 Å². The Morgan fingerprint density at radius 2 is 1.84 bits per heavy atom. The highest BCUT2D eigenvalue weighted by molar-refractivity contribution is 9.10. The fourth-order valence-corrected chi connectivity index (χ4v) is 3.98. The Hall–Kier alpha value is -0.380. The lowest BCUT2D eigenvalue weighted by molar-refractivity contribution is 0.177. The van der Waals surface area contributed by atoms with Gasteiger partial charge in [-0.3, -0.25) is 11.3 Å². The first-order valence-corrected chi connectivity index (χ1v) is 8.02. The van der Waals surface area contributed by atoms with Crippen LogP contribution in [0.2, 0.25) is 0 Å². The molecular weight excluding hydrogens is 300 g/mol. The Kier molecular flexibility index (Phi) is 5.04. The molecule has 0 bridgehead atoms. The zero-order valence-electron chi connectivity index (χ0n) is 12.1. The van der Waals surface area contributed by atoms with Crippen LogP contribution < -0.4 is 11.3 Å². The van der Waals surface area contributed by atoms with Gasteiger partial charge in [-0.15, -0.1) is 0 Å². The molecule has 0 amide bonds. The first-order valence-electron chi connectivity index (χ1n) is 7.23. The fraction of sp³-hybridized carbons (Fsp3) is 0.625. The van der Waals surface area contributed by atoms with Crippen molar-refractivity contribution in [2.45, 2.75) is 46.1 Å². The number of halogens is 1. The number of nitrogens with one attached hydrogen (secondary N) is 1. The lowest BCUT2D eigenvalue weighted by Crippen LogP contribution is -2.37. The van der Waals surface area contributed by atoms with E-state index in [1.54, 1.807) is 0 Å². The molecule has 1 fully saturated rings. The number of aryl methyl sites for hydroxylation is 1. The third-order valence-corrected chi connectivity index (χ3v) is 5.28. The lowest BCUT2D eigenvalue weighted by atomic mass is 9.72. The van der Waals surface area contributed by atoms with E-state index in [1.807, 2.05) is 0 Å². The SMILES string of the molecule is Cc1ccc(C(NN)C2CC(C)CC(C)C2)cc1Br. The number of rotatable bonds is 3. The normalized spacial score (nSPS) is 29.2. The number of nitrogens with two attached hydrogens (primary N) is 1. The van der Waals surface area contributed by atoms with Crippen molar-refractivity contribution in [2.75, 3.05) is 0 Å². The van der Waals surface area contributed by atoms with E-state index in [2.05, 4.69) is 60.3 Å². The summed E-state index contributed by atoms with van der Waals surface area (Å²) < 4.78 is 1.17. The maximum Gasteiger partial charge on any atom is 0.0488 e. The van der Waals surface area contributed by atoms with Crippen LogP contribution in [0.15, 0.2) is 22.7 Å². The second kappa shape index (κ2) is 6.38. The van der Waals surface area contributed by atoms with Gasteiger partial charge in [0.1, 0.15) is 0 Å². The van der Waals surface area contributed by atoms with Gasteiger partial charge in [-0.05, 0) is 61.1 Å². The van der Waals surface area contributed by atoms with Gasteiger partial charge in [0.2, 0.25) is 0 Å². The van der Waals surface area contributed by atoms with Crippen LogP contribution in [0.3, 0.4) is 0 Å². The molecule has 0 heterocycles. The van der Waals surface area contributed by atoms with Crippen LogP contribution in [0, 0.1) is 24.7 Å². The van der Waals surface area contributed by atoms with Crippen molar-refractivity contribution in [3.8, 4) is 0 Å². The van der Waals surface area contributed by atoms with Gasteiger partial charge in [-0.2, -0.15) is 0 Å². The molecule has 2 rings (SSSR count). The van der Waals surface area contributed by atoms with Crippen LogP contribution in [0.5, 0.6) is 0 Å². The molecule has 1 aliphatic carbocycles. The first-order chi connectivity index (χ1) is 9.01. The Labute approximate surface area is 125 Å². The number of hydrazine groups is 1. The molecule has 3 unspecified atom stereocenters. The van der Waals surface area contributed by atoms with E-state index in [4.69, 9.17) is 5.84 Å². The predicted molar refractivity (Wildman–Crippen MR) is 84.6 cm³/mol. The second-order valence-corrected chi connectivity index (χ2v) is 7.18. The van der Waals surface area contributed by atoms with Crippen LogP contribution in [0.1, 0.15) is 50.3 Å². The van der Waals surface area contributed by atoms with Crippen LogP contribution >= 0.6 is 15.9 Å². The summed E-state index contributed by atoms with van der Waals surface area (Å²) in [4.78, 5) is 0. The molecule has 0 aromatic heterocycles. The molecule has 3 N–H and O–H groups in total. The highest BCUT2D eigenvalue weighted by atomic mass is 79.9. The molecule has 1 aliphatic rings. The summed E-state index contributed by atoms with van der Waals surface area (Å²) in [5.74, 6) is 8.10. The van der Waals surface area contributed by atoms with Crippen molar-refractivity contribution >= 4 is 15.9 Å². The molecule has 106 valence electrons. The van der Waals surface area contributed by atoms with Gasteiger partial charge in [0.05, 0.1) is 0 Å². The molecule has 3 heteroatoms. The van der Waals surface area contributed by atoms with Gasteiger partial charge >= 0.3 is 0 Å². The molecule has 3 atom stereocenters. The second-order valence-electron chi connectivity index (χ2n) is 6.33. The van der Waals surface area contributed by atoms with Crippen molar-refractivity contribution in [1.82, 2.24) is 5.43 Å². The van der Waals surface area contributed by atoms with Crippen LogP contribution in [0.4, 0.5) is 0 Å². The largest absolute Gasteiger partial charge is 0.271 e. The third-order valence-electron chi connectivity index (χ3n) is 4.42. The zero-order valence-corrected chi connectivity index (χ0v) is 13.7. The standard InChI is InChI=1S/C16H25BrN2/c1-10-6-11(2)8-14(7-10)16(19-18)13-5-4-12(3)15(17)9-13/h4-5,9-11,14,16,19H,6-8,18H2,1-3H3. The number of benzene rings is 1. The highest BCUT2D eigenvalue weighted by Crippen LogP contribution is 2.40. The summed E-state index contributed by atoms with van der Waals surface area (Å²) in [6, 6.07) is 6.85. The maximum absolute atomic E-state index is 5.85. The molecule has 0 radical (unpaired) electrons. The van der Waals surface area contributed by atoms with Gasteiger partial charge in [0.15, 0.2) is 0 Å². The molecule has 0 spiro atoms. The van der Waals surface area contributed by atoms with Crippen molar-refractivity contribution < 1.29 is 0 Å². The molecule has 19 heavy (non-hydrogen) atoms. The molecule has 1 saturated carbocycles. The summed E-state index contributed by atoms with van der Waals surface area (Å²) in [7, 11) is 0. The van der Waals surface area contributed by atoms with E-state index in [0.29, 0.717) is 5.92 Å². The molecule has 0 aliphatic heterocycles. The van der Waals surface area contributed by atoms with Gasteiger partial charge in [0, 0.05) is 10.5 Å². The Bertz CT molecular complexity index is 423. The maximum atomic E-state index is 5.85. The van der Waals surface area contributed by atoms with Gasteiger partial charge < -0.3 is 0 Å². The van der Waals surface area contributed by atoms with Gasteiger partial charge in [0.25, 0.3) is 0 Å². The number of hydrogen-bond donors (Lipinski definition) is 2. The minimum atomic E-state index is 0.266. The summed E-state index contributed by atoms with van der Waals surface area (Å²) in [5, 5.41) is 0. The van der Waals surface area contributed by atoms with E-state index in [1.165, 1.54) is 34.9 Å². The number of hydrogen-bond acceptors (Lipinski definition) is 2. The highest BCUT2D eigenvalue weighted by Gasteiger charge is 2.30. The third kappa shape index (κ3) is 3.59. The monoisotopic (exact) mass is 324 g/mol. The summed E-state index contributed by atoms with van der Waals surface area (Å²) in [6.45, 7) is 6.84. The fourth-order valence-electron chi connectivity index (χ4n) is 3.59. The van der Waals surface area contributed by atoms with Crippen molar-refractivity contribution in [2.24, 2.45) is 23.6 Å². The van der Waals surface area contributed by atoms with Gasteiger partial charge in [-0.25, -0.2) is 0 Å². The average molecular weight is 325 g/mol.